The fourth-order valence-electron chi connectivity index (χ4n) is 3.25. The van der Waals surface area contributed by atoms with E-state index in [0.717, 1.165) is 25.3 Å². The van der Waals surface area contributed by atoms with Crippen LogP contribution in [0.1, 0.15) is 12.5 Å². The topological polar surface area (TPSA) is 56.8 Å². The third kappa shape index (κ3) is 5.29. The summed E-state index contributed by atoms with van der Waals surface area (Å²) in [6, 6.07) is 15.9. The lowest BCUT2D eigenvalue weighted by Gasteiger charge is -2.36. The van der Waals surface area contributed by atoms with Crippen molar-refractivity contribution in [3.63, 3.8) is 0 Å². The van der Waals surface area contributed by atoms with Crippen LogP contribution < -0.4 is 4.90 Å². The summed E-state index contributed by atoms with van der Waals surface area (Å²) in [6.45, 7) is 5.04. The number of amides is 2. The predicted octanol–water partition coefficient (Wildman–Crippen LogP) is 1.82. The first-order valence-electron chi connectivity index (χ1n) is 9.36. The minimum absolute atomic E-state index is 0.0129. The lowest BCUT2D eigenvalue weighted by Crippen LogP contribution is -2.52. The maximum absolute atomic E-state index is 12.7. The van der Waals surface area contributed by atoms with Gasteiger partial charge in [-0.05, 0) is 24.1 Å². The fourth-order valence-corrected chi connectivity index (χ4v) is 3.25. The summed E-state index contributed by atoms with van der Waals surface area (Å²) in [5.74, 6) is 0.892. The Morgan fingerprint density at radius 2 is 1.70 bits per heavy atom. The first-order valence-corrected chi connectivity index (χ1v) is 9.36. The fraction of sp³-hybridized carbons (Fsp3) is 0.381. The largest absolute Gasteiger partial charge is 0.353 e. The Kier molecular flexibility index (Phi) is 6.41. The van der Waals surface area contributed by atoms with Crippen LogP contribution in [0, 0.1) is 0 Å². The van der Waals surface area contributed by atoms with E-state index in [0.29, 0.717) is 19.6 Å². The van der Waals surface area contributed by atoms with Crippen molar-refractivity contribution in [3.8, 4) is 0 Å². The predicted molar refractivity (Wildman–Crippen MR) is 105 cm³/mol. The quantitative estimate of drug-likeness (QED) is 0.783. The number of pyridine rings is 1. The second kappa shape index (κ2) is 9.16. The van der Waals surface area contributed by atoms with E-state index in [9.17, 15) is 9.59 Å². The molecule has 0 N–H and O–H groups in total. The number of carbonyl (C=O) groups excluding carboxylic acids is 2. The first kappa shape index (κ1) is 18.9. The molecule has 2 heterocycles. The second-order valence-corrected chi connectivity index (χ2v) is 6.73. The van der Waals surface area contributed by atoms with E-state index in [1.54, 1.807) is 11.1 Å². The van der Waals surface area contributed by atoms with Crippen LogP contribution in [-0.4, -0.2) is 65.9 Å². The normalized spacial score (nSPS) is 14.1. The molecule has 2 aromatic rings. The van der Waals surface area contributed by atoms with Gasteiger partial charge in [0.05, 0.1) is 6.54 Å². The Labute approximate surface area is 160 Å². The monoisotopic (exact) mass is 366 g/mol. The lowest BCUT2D eigenvalue weighted by atomic mass is 10.1. The van der Waals surface area contributed by atoms with Gasteiger partial charge in [-0.3, -0.25) is 9.59 Å². The van der Waals surface area contributed by atoms with E-state index in [1.807, 2.05) is 53.4 Å². The van der Waals surface area contributed by atoms with Gasteiger partial charge in [-0.2, -0.15) is 0 Å². The summed E-state index contributed by atoms with van der Waals surface area (Å²) in [5.41, 5.74) is 1.17. The highest BCUT2D eigenvalue weighted by molar-refractivity contribution is 5.84. The van der Waals surface area contributed by atoms with Gasteiger partial charge in [-0.25, -0.2) is 4.98 Å². The molecule has 0 atom stereocenters. The Morgan fingerprint density at radius 3 is 2.33 bits per heavy atom. The van der Waals surface area contributed by atoms with Gasteiger partial charge in [0.1, 0.15) is 5.82 Å². The molecule has 1 aliphatic rings. The number of rotatable bonds is 6. The van der Waals surface area contributed by atoms with Crippen molar-refractivity contribution in [1.82, 2.24) is 14.8 Å². The molecule has 27 heavy (non-hydrogen) atoms. The summed E-state index contributed by atoms with van der Waals surface area (Å²) in [5, 5.41) is 0. The average molecular weight is 366 g/mol. The summed E-state index contributed by atoms with van der Waals surface area (Å²) in [7, 11) is 0. The highest BCUT2D eigenvalue weighted by atomic mass is 16.2. The van der Waals surface area contributed by atoms with E-state index in [-0.39, 0.29) is 18.4 Å². The summed E-state index contributed by atoms with van der Waals surface area (Å²) in [4.78, 5) is 34.7. The zero-order valence-electron chi connectivity index (χ0n) is 15.8. The van der Waals surface area contributed by atoms with Gasteiger partial charge >= 0.3 is 0 Å². The Hall–Kier alpha value is -2.89. The molecule has 0 radical (unpaired) electrons. The first-order chi connectivity index (χ1) is 13.1. The zero-order valence-corrected chi connectivity index (χ0v) is 15.8. The minimum Gasteiger partial charge on any atom is -0.353 e. The lowest BCUT2D eigenvalue weighted by molar-refractivity contribution is -0.139. The van der Waals surface area contributed by atoms with Crippen LogP contribution in [0.5, 0.6) is 0 Å². The summed E-state index contributed by atoms with van der Waals surface area (Å²) < 4.78 is 0. The molecule has 1 aliphatic heterocycles. The molecule has 0 spiro atoms. The number of hydrogen-bond donors (Lipinski definition) is 0. The van der Waals surface area contributed by atoms with Crippen molar-refractivity contribution in [1.29, 1.82) is 0 Å². The van der Waals surface area contributed by atoms with Crippen LogP contribution in [0.25, 0.3) is 0 Å². The van der Waals surface area contributed by atoms with Crippen molar-refractivity contribution < 1.29 is 9.59 Å². The molecule has 0 bridgehead atoms. The summed E-state index contributed by atoms with van der Waals surface area (Å²) >= 11 is 0. The molecule has 0 aliphatic carbocycles. The number of hydrogen-bond acceptors (Lipinski definition) is 4. The molecule has 2 amide bonds. The van der Waals surface area contributed by atoms with Crippen LogP contribution in [0.3, 0.4) is 0 Å². The molecule has 142 valence electrons. The maximum atomic E-state index is 12.7. The standard InChI is InChI=1S/C21H26N4O2/c1-18(26)25(12-10-19-7-3-2-4-8-19)17-21(27)24-15-13-23(14-16-24)20-9-5-6-11-22-20/h2-9,11H,10,12-17H2,1H3. The van der Waals surface area contributed by atoms with Crippen molar-refractivity contribution >= 4 is 17.6 Å². The van der Waals surface area contributed by atoms with Gasteiger partial charge in [0.2, 0.25) is 11.8 Å². The number of benzene rings is 1. The van der Waals surface area contributed by atoms with Crippen LogP contribution >= 0.6 is 0 Å². The Balaban J connectivity index is 1.50. The summed E-state index contributed by atoms with van der Waals surface area (Å²) in [6.07, 6.45) is 2.53. The van der Waals surface area contributed by atoms with E-state index >= 15 is 0 Å². The smallest absolute Gasteiger partial charge is 0.242 e. The minimum atomic E-state index is -0.0635. The molecule has 6 heteroatoms. The molecular formula is C21H26N4O2. The number of piperazine rings is 1. The molecule has 0 unspecified atom stereocenters. The van der Waals surface area contributed by atoms with Crippen molar-refractivity contribution in [2.24, 2.45) is 0 Å². The highest BCUT2D eigenvalue weighted by Crippen LogP contribution is 2.13. The van der Waals surface area contributed by atoms with E-state index in [4.69, 9.17) is 0 Å². The molecule has 6 nitrogen and oxygen atoms in total. The number of nitrogens with zero attached hydrogens (tertiary/aromatic N) is 4. The van der Waals surface area contributed by atoms with Crippen molar-refractivity contribution in [3.05, 3.63) is 60.3 Å². The molecule has 1 aromatic heterocycles. The molecule has 3 rings (SSSR count). The van der Waals surface area contributed by atoms with Crippen molar-refractivity contribution in [2.75, 3.05) is 44.2 Å². The van der Waals surface area contributed by atoms with Gasteiger partial charge in [-0.15, -0.1) is 0 Å². The molecule has 1 saturated heterocycles. The molecule has 0 saturated carbocycles. The van der Waals surface area contributed by atoms with E-state index in [2.05, 4.69) is 9.88 Å². The van der Waals surface area contributed by atoms with Gasteiger partial charge in [0.15, 0.2) is 0 Å². The van der Waals surface area contributed by atoms with Gasteiger partial charge in [0, 0.05) is 45.8 Å². The van der Waals surface area contributed by atoms with E-state index < -0.39 is 0 Å². The van der Waals surface area contributed by atoms with E-state index in [1.165, 1.54) is 12.5 Å². The Bertz CT molecular complexity index is 743. The van der Waals surface area contributed by atoms with Crippen LogP contribution in [0.15, 0.2) is 54.7 Å². The second-order valence-electron chi connectivity index (χ2n) is 6.73. The molecule has 1 aromatic carbocycles. The number of aromatic nitrogens is 1. The van der Waals surface area contributed by atoms with Crippen molar-refractivity contribution in [2.45, 2.75) is 13.3 Å². The van der Waals surface area contributed by atoms with Crippen LogP contribution in [-0.2, 0) is 16.0 Å². The SMILES string of the molecule is CC(=O)N(CCc1ccccc1)CC(=O)N1CCN(c2ccccn2)CC1. The maximum Gasteiger partial charge on any atom is 0.242 e. The molecular weight excluding hydrogens is 340 g/mol. The van der Waals surface area contributed by atoms with Crippen LogP contribution in [0.2, 0.25) is 0 Å². The third-order valence-electron chi connectivity index (χ3n) is 4.89. The Morgan fingerprint density at radius 1 is 1.00 bits per heavy atom. The van der Waals surface area contributed by atoms with Gasteiger partial charge in [-0.1, -0.05) is 36.4 Å². The number of carbonyl (C=O) groups is 2. The highest BCUT2D eigenvalue weighted by Gasteiger charge is 2.24. The van der Waals surface area contributed by atoms with Gasteiger partial charge < -0.3 is 14.7 Å². The van der Waals surface area contributed by atoms with Crippen LogP contribution in [0.4, 0.5) is 5.82 Å². The number of anilines is 1. The van der Waals surface area contributed by atoms with Gasteiger partial charge in [0.25, 0.3) is 0 Å². The third-order valence-corrected chi connectivity index (χ3v) is 4.89. The zero-order chi connectivity index (χ0) is 19.1. The average Bonchev–Trinajstić information content (AvgIpc) is 2.72. The molecule has 1 fully saturated rings.